The van der Waals surface area contributed by atoms with Crippen LogP contribution in [0, 0.1) is 5.41 Å². The van der Waals surface area contributed by atoms with Crippen molar-refractivity contribution < 1.29 is 19.1 Å². The smallest absolute Gasteiger partial charge is 0.308 e. The van der Waals surface area contributed by atoms with Crippen molar-refractivity contribution in [1.82, 2.24) is 16.0 Å². The summed E-state index contributed by atoms with van der Waals surface area (Å²) in [5, 5.41) is 15.7. The topological polar surface area (TPSA) is 146 Å². The van der Waals surface area contributed by atoms with Gasteiger partial charge in [-0.25, -0.2) is 0 Å². The molecule has 2 amide bonds. The Labute approximate surface area is 237 Å². The molecule has 1 aromatic rings. The van der Waals surface area contributed by atoms with Gasteiger partial charge in [-0.05, 0) is 52.7 Å². The summed E-state index contributed by atoms with van der Waals surface area (Å²) in [6.07, 6.45) is 9.91. The lowest BCUT2D eigenvalue weighted by molar-refractivity contribution is -0.143. The second-order valence-corrected chi connectivity index (χ2v) is 11.7. The number of nitrogens with one attached hydrogen (secondary N) is 4. The molecular formula is C31H43N5O4. The molecule has 2 rings (SSSR count). The number of amides is 2. The van der Waals surface area contributed by atoms with E-state index in [-0.39, 0.29) is 41.9 Å². The van der Waals surface area contributed by atoms with Crippen LogP contribution in [0.3, 0.4) is 0 Å². The van der Waals surface area contributed by atoms with E-state index >= 15 is 0 Å². The Morgan fingerprint density at radius 3 is 2.15 bits per heavy atom. The molecule has 0 aliphatic heterocycles. The Hall–Kier alpha value is -4.14. The van der Waals surface area contributed by atoms with Crippen LogP contribution in [0.2, 0.25) is 0 Å². The fraction of sp³-hybridized carbons (Fsp3) is 0.419. The number of carbonyl (C=O) groups excluding carboxylic acids is 3. The summed E-state index contributed by atoms with van der Waals surface area (Å²) in [6, 6.07) is 5.56. The van der Waals surface area contributed by atoms with Gasteiger partial charge in [-0.1, -0.05) is 78.0 Å². The van der Waals surface area contributed by atoms with Gasteiger partial charge in [0.1, 0.15) is 0 Å². The summed E-state index contributed by atoms with van der Waals surface area (Å²) in [6.45, 7) is 14.4. The lowest BCUT2D eigenvalue weighted by Crippen LogP contribution is -2.40. The number of rotatable bonds is 9. The van der Waals surface area contributed by atoms with Gasteiger partial charge in [-0.3, -0.25) is 19.8 Å². The number of hydrogen-bond donors (Lipinski definition) is 5. The molecular weight excluding hydrogens is 506 g/mol. The molecule has 1 aromatic carbocycles. The van der Waals surface area contributed by atoms with Crippen LogP contribution in [0.25, 0.3) is 0 Å². The third kappa shape index (κ3) is 10.2. The monoisotopic (exact) mass is 549 g/mol. The van der Waals surface area contributed by atoms with E-state index in [4.69, 9.17) is 15.9 Å². The predicted molar refractivity (Wildman–Crippen MR) is 158 cm³/mol. The van der Waals surface area contributed by atoms with Crippen LogP contribution in [0.15, 0.2) is 65.9 Å². The fourth-order valence-electron chi connectivity index (χ4n) is 3.89. The lowest BCUT2D eigenvalue weighted by atomic mass is 9.78. The van der Waals surface area contributed by atoms with Gasteiger partial charge in [0.05, 0.1) is 25.6 Å². The molecule has 40 heavy (non-hydrogen) atoms. The van der Waals surface area contributed by atoms with Crippen molar-refractivity contribution in [2.45, 2.75) is 71.8 Å². The average molecular weight is 550 g/mol. The zero-order chi connectivity index (χ0) is 30.1. The van der Waals surface area contributed by atoms with Gasteiger partial charge in [0.25, 0.3) is 5.91 Å². The molecule has 0 aromatic heterocycles. The Kier molecular flexibility index (Phi) is 11.0. The van der Waals surface area contributed by atoms with Gasteiger partial charge < -0.3 is 26.4 Å². The Morgan fingerprint density at radius 1 is 0.975 bits per heavy atom. The standard InChI is InChI=1S/C31H43N5O4/c1-8-40-27(38)18-25(21-14-22(30(2,3)4)17-23(15-21)31(5,6)7)36-26(37)19-34-28(39)20-12-10-9-11-13-24(16-20)35-29(32)33/h9-17,25H,8,18-19H2,1-7H3,(H,34,39)(H,36,37)(H4,32,33,35)/b10-9?,11-9+,12-10+,13-11?,20-12?,20-16+,24-13+,24-16?/t25-/m0/s1. The maximum atomic E-state index is 13.1. The third-order valence-electron chi connectivity index (χ3n) is 6.14. The van der Waals surface area contributed by atoms with Crippen molar-refractivity contribution in [3.8, 4) is 0 Å². The lowest BCUT2D eigenvalue weighted by Gasteiger charge is -2.28. The number of guanidine groups is 1. The number of allylic oxidation sites excluding steroid dienone is 5. The van der Waals surface area contributed by atoms with Crippen molar-refractivity contribution in [2.24, 2.45) is 5.73 Å². The van der Waals surface area contributed by atoms with Gasteiger partial charge in [0, 0.05) is 11.3 Å². The molecule has 0 heterocycles. The van der Waals surface area contributed by atoms with E-state index < -0.39 is 23.8 Å². The third-order valence-corrected chi connectivity index (χ3v) is 6.14. The second kappa shape index (κ2) is 13.8. The van der Waals surface area contributed by atoms with Gasteiger partial charge in [-0.2, -0.15) is 0 Å². The Bertz CT molecular complexity index is 1210. The SMILES string of the molecule is CCOC(=O)C[C@H](NC(=O)CNC(=O)C1=C/C(NC(=N)N)=C\C=C\C=C\1)c1cc(C(C)(C)C)cc(C(C)(C)C)c1. The maximum absolute atomic E-state index is 13.1. The van der Waals surface area contributed by atoms with E-state index in [1.807, 2.05) is 12.1 Å². The highest BCUT2D eigenvalue weighted by molar-refractivity contribution is 5.99. The van der Waals surface area contributed by atoms with Crippen LogP contribution in [-0.4, -0.2) is 36.9 Å². The molecule has 1 atom stereocenters. The molecule has 0 saturated heterocycles. The first-order valence-electron chi connectivity index (χ1n) is 13.4. The molecule has 0 spiro atoms. The van der Waals surface area contributed by atoms with Crippen LogP contribution in [0.1, 0.15) is 77.6 Å². The van der Waals surface area contributed by atoms with Crippen LogP contribution in [-0.2, 0) is 30.0 Å². The molecule has 0 saturated carbocycles. The fourth-order valence-corrected chi connectivity index (χ4v) is 3.89. The molecule has 0 fully saturated rings. The first kappa shape index (κ1) is 32.1. The number of ether oxygens (including phenoxy) is 1. The van der Waals surface area contributed by atoms with E-state index in [0.29, 0.717) is 5.70 Å². The van der Waals surface area contributed by atoms with Gasteiger partial charge in [0.2, 0.25) is 5.91 Å². The largest absolute Gasteiger partial charge is 0.466 e. The van der Waals surface area contributed by atoms with Crippen LogP contribution >= 0.6 is 0 Å². The summed E-state index contributed by atoms with van der Waals surface area (Å²) in [7, 11) is 0. The first-order valence-corrected chi connectivity index (χ1v) is 13.4. The average Bonchev–Trinajstić information content (AvgIpc) is 2.82. The molecule has 1 aliphatic rings. The van der Waals surface area contributed by atoms with Crippen LogP contribution in [0.4, 0.5) is 0 Å². The molecule has 6 N–H and O–H groups in total. The summed E-state index contributed by atoms with van der Waals surface area (Å²) >= 11 is 0. The molecule has 216 valence electrons. The van der Waals surface area contributed by atoms with Gasteiger partial charge in [-0.15, -0.1) is 0 Å². The normalized spacial score (nSPS) is 18.4. The highest BCUT2D eigenvalue weighted by Crippen LogP contribution is 2.33. The minimum Gasteiger partial charge on any atom is -0.466 e. The van der Waals surface area contributed by atoms with E-state index in [1.165, 1.54) is 6.08 Å². The minimum absolute atomic E-state index is 0.0458. The second-order valence-electron chi connectivity index (χ2n) is 11.7. The molecule has 9 heteroatoms. The molecule has 0 bridgehead atoms. The highest BCUT2D eigenvalue weighted by atomic mass is 16.5. The molecule has 0 radical (unpaired) electrons. The number of hydrogen-bond acceptors (Lipinski definition) is 5. The van der Waals surface area contributed by atoms with E-state index in [1.54, 1.807) is 37.3 Å². The zero-order valence-electron chi connectivity index (χ0n) is 24.6. The molecule has 0 unspecified atom stereocenters. The van der Waals surface area contributed by atoms with Crippen molar-refractivity contribution in [3.63, 3.8) is 0 Å². The quantitative estimate of drug-likeness (QED) is 0.179. The van der Waals surface area contributed by atoms with Crippen molar-refractivity contribution in [3.05, 3.63) is 82.6 Å². The Balaban J connectivity index is 2.29. The summed E-state index contributed by atoms with van der Waals surface area (Å²) in [4.78, 5) is 38.4. The van der Waals surface area contributed by atoms with E-state index in [2.05, 4.69) is 63.6 Å². The predicted octanol–water partition coefficient (Wildman–Crippen LogP) is 3.93. The Morgan fingerprint density at radius 2 is 1.60 bits per heavy atom. The van der Waals surface area contributed by atoms with E-state index in [0.717, 1.165) is 16.7 Å². The summed E-state index contributed by atoms with van der Waals surface area (Å²) < 4.78 is 5.19. The summed E-state index contributed by atoms with van der Waals surface area (Å²) in [5.74, 6) is -1.62. The number of esters is 1. The van der Waals surface area contributed by atoms with Crippen molar-refractivity contribution in [1.29, 1.82) is 5.41 Å². The highest BCUT2D eigenvalue weighted by Gasteiger charge is 2.26. The van der Waals surface area contributed by atoms with Crippen LogP contribution < -0.4 is 21.7 Å². The number of benzene rings is 1. The van der Waals surface area contributed by atoms with Gasteiger partial charge >= 0.3 is 5.97 Å². The summed E-state index contributed by atoms with van der Waals surface area (Å²) in [5.41, 5.74) is 8.82. The first-order chi connectivity index (χ1) is 18.6. The van der Waals surface area contributed by atoms with Crippen molar-refractivity contribution in [2.75, 3.05) is 13.2 Å². The van der Waals surface area contributed by atoms with Gasteiger partial charge in [0.15, 0.2) is 5.96 Å². The zero-order valence-corrected chi connectivity index (χ0v) is 24.6. The molecule has 1 aliphatic carbocycles. The maximum Gasteiger partial charge on any atom is 0.308 e. The number of nitrogens with two attached hydrogens (primary N) is 1. The molecule has 9 nitrogen and oxygen atoms in total. The van der Waals surface area contributed by atoms with E-state index in [9.17, 15) is 14.4 Å². The minimum atomic E-state index is -0.646. The van der Waals surface area contributed by atoms with Crippen molar-refractivity contribution >= 4 is 23.7 Å². The number of carbonyl (C=O) groups is 3. The van der Waals surface area contributed by atoms with Crippen LogP contribution in [0.5, 0.6) is 0 Å².